The topological polar surface area (TPSA) is 131 Å². The van der Waals surface area contributed by atoms with E-state index in [-0.39, 0.29) is 11.7 Å². The van der Waals surface area contributed by atoms with Gasteiger partial charge in [0, 0.05) is 36.2 Å². The second-order valence-corrected chi connectivity index (χ2v) is 6.43. The Morgan fingerprint density at radius 1 is 1.18 bits per heavy atom. The first kappa shape index (κ1) is 17.8. The number of hydrogen-bond acceptors (Lipinski definition) is 8. The molecule has 1 amide bonds. The molecule has 28 heavy (non-hydrogen) atoms. The van der Waals surface area contributed by atoms with Crippen LogP contribution in [0.2, 0.25) is 0 Å². The minimum atomic E-state index is -0.647. The van der Waals surface area contributed by atoms with E-state index in [2.05, 4.69) is 35.9 Å². The van der Waals surface area contributed by atoms with Crippen LogP contribution in [0.25, 0.3) is 11.4 Å². The van der Waals surface area contributed by atoms with Gasteiger partial charge in [-0.1, -0.05) is 12.1 Å². The largest absolute Gasteiger partial charge is 0.365 e. The van der Waals surface area contributed by atoms with Gasteiger partial charge in [-0.2, -0.15) is 0 Å². The zero-order chi connectivity index (χ0) is 19.3. The molecule has 3 aromatic rings. The molecule has 0 saturated carbocycles. The second kappa shape index (κ2) is 7.97. The molecule has 1 aliphatic heterocycles. The van der Waals surface area contributed by atoms with E-state index in [9.17, 15) is 4.79 Å². The van der Waals surface area contributed by atoms with Crippen LogP contribution in [0, 0.1) is 0 Å². The molecule has 1 saturated heterocycles. The van der Waals surface area contributed by atoms with Crippen molar-refractivity contribution in [1.82, 2.24) is 25.3 Å². The molecule has 0 radical (unpaired) electrons. The van der Waals surface area contributed by atoms with Crippen LogP contribution in [0.4, 0.5) is 17.3 Å². The number of benzene rings is 1. The number of nitrogens with zero attached hydrogens (tertiary/aromatic N) is 4. The molecule has 9 heteroatoms. The summed E-state index contributed by atoms with van der Waals surface area (Å²) in [5, 5.41) is 9.75. The van der Waals surface area contributed by atoms with E-state index < -0.39 is 5.91 Å². The Kier molecular flexibility index (Phi) is 5.07. The van der Waals surface area contributed by atoms with Crippen LogP contribution in [-0.4, -0.2) is 45.0 Å². The number of anilines is 3. The van der Waals surface area contributed by atoms with Gasteiger partial charge in [-0.15, -0.1) is 0 Å². The Morgan fingerprint density at radius 2 is 2.04 bits per heavy atom. The highest BCUT2D eigenvalue weighted by atomic mass is 16.1. The number of aromatic nitrogens is 4. The van der Waals surface area contributed by atoms with Crippen molar-refractivity contribution in [3.05, 3.63) is 54.6 Å². The standard InChI is InChI=1S/C19H20N8O/c20-17(28)16-19(27-15(11-24-16)25-14-5-8-21-10-14)26-13-4-1-3-12(9-13)18-22-6-2-7-23-18/h1-4,6-7,9,11,14,21H,5,8,10H2,(H2,20,28)(H2,25,26,27). The maximum atomic E-state index is 11.8. The van der Waals surface area contributed by atoms with Crippen molar-refractivity contribution in [2.75, 3.05) is 23.7 Å². The number of hydrogen-bond donors (Lipinski definition) is 4. The molecule has 0 bridgehead atoms. The highest BCUT2D eigenvalue weighted by Crippen LogP contribution is 2.23. The Balaban J connectivity index is 1.61. The van der Waals surface area contributed by atoms with Gasteiger partial charge in [0.05, 0.1) is 6.20 Å². The lowest BCUT2D eigenvalue weighted by Gasteiger charge is -2.15. The summed E-state index contributed by atoms with van der Waals surface area (Å²) in [4.78, 5) is 29.0. The third kappa shape index (κ3) is 4.04. The van der Waals surface area contributed by atoms with E-state index in [1.54, 1.807) is 18.5 Å². The number of rotatable bonds is 6. The first-order chi connectivity index (χ1) is 13.7. The third-order valence-corrected chi connectivity index (χ3v) is 4.37. The Morgan fingerprint density at radius 3 is 2.79 bits per heavy atom. The van der Waals surface area contributed by atoms with Crippen molar-refractivity contribution in [2.45, 2.75) is 12.5 Å². The summed E-state index contributed by atoms with van der Waals surface area (Å²) >= 11 is 0. The van der Waals surface area contributed by atoms with E-state index in [0.29, 0.717) is 17.5 Å². The van der Waals surface area contributed by atoms with Gasteiger partial charge >= 0.3 is 0 Å². The number of carbonyl (C=O) groups excluding carboxylic acids is 1. The first-order valence-corrected chi connectivity index (χ1v) is 8.97. The maximum absolute atomic E-state index is 11.8. The zero-order valence-electron chi connectivity index (χ0n) is 15.1. The van der Waals surface area contributed by atoms with Crippen molar-refractivity contribution in [1.29, 1.82) is 0 Å². The van der Waals surface area contributed by atoms with Crippen molar-refractivity contribution in [3.63, 3.8) is 0 Å². The van der Waals surface area contributed by atoms with Crippen molar-refractivity contribution >= 4 is 23.2 Å². The van der Waals surface area contributed by atoms with Gasteiger partial charge in [-0.05, 0) is 31.2 Å². The molecule has 2 aromatic heterocycles. The normalized spacial score (nSPS) is 15.9. The summed E-state index contributed by atoms with van der Waals surface area (Å²) in [5.41, 5.74) is 7.11. The number of amides is 1. The lowest BCUT2D eigenvalue weighted by molar-refractivity contribution is 0.0996. The van der Waals surface area contributed by atoms with Crippen molar-refractivity contribution in [3.8, 4) is 11.4 Å². The lowest BCUT2D eigenvalue weighted by atomic mass is 10.2. The molecule has 1 unspecified atom stereocenters. The number of carbonyl (C=O) groups is 1. The van der Waals surface area contributed by atoms with Gasteiger partial charge < -0.3 is 21.7 Å². The highest BCUT2D eigenvalue weighted by molar-refractivity contribution is 5.96. The van der Waals surface area contributed by atoms with Crippen LogP contribution in [0.15, 0.2) is 48.9 Å². The van der Waals surface area contributed by atoms with Crippen LogP contribution in [0.3, 0.4) is 0 Å². The molecule has 1 fully saturated rings. The van der Waals surface area contributed by atoms with E-state index in [0.717, 1.165) is 30.8 Å². The summed E-state index contributed by atoms with van der Waals surface area (Å²) < 4.78 is 0. The molecule has 1 atom stereocenters. The fraction of sp³-hybridized carbons (Fsp3) is 0.211. The smallest absolute Gasteiger partial charge is 0.271 e. The summed E-state index contributed by atoms with van der Waals surface area (Å²) in [6.45, 7) is 1.82. The van der Waals surface area contributed by atoms with Crippen LogP contribution in [-0.2, 0) is 0 Å². The van der Waals surface area contributed by atoms with Crippen LogP contribution in [0.1, 0.15) is 16.9 Å². The van der Waals surface area contributed by atoms with Gasteiger partial charge in [0.2, 0.25) is 0 Å². The van der Waals surface area contributed by atoms with Gasteiger partial charge in [0.15, 0.2) is 17.3 Å². The van der Waals surface area contributed by atoms with Crippen LogP contribution >= 0.6 is 0 Å². The maximum Gasteiger partial charge on any atom is 0.271 e. The predicted molar refractivity (Wildman–Crippen MR) is 106 cm³/mol. The molecule has 3 heterocycles. The van der Waals surface area contributed by atoms with Gasteiger partial charge in [0.1, 0.15) is 5.82 Å². The molecule has 142 valence electrons. The quantitative estimate of drug-likeness (QED) is 0.510. The van der Waals surface area contributed by atoms with Crippen molar-refractivity contribution < 1.29 is 4.79 Å². The molecular formula is C19H20N8O. The molecule has 1 aliphatic rings. The Hall–Kier alpha value is -3.59. The zero-order valence-corrected chi connectivity index (χ0v) is 15.1. The lowest BCUT2D eigenvalue weighted by Crippen LogP contribution is -2.24. The first-order valence-electron chi connectivity index (χ1n) is 8.97. The number of nitrogens with one attached hydrogen (secondary N) is 3. The molecule has 4 rings (SSSR count). The fourth-order valence-electron chi connectivity index (χ4n) is 3.03. The number of nitrogens with two attached hydrogens (primary N) is 1. The molecular weight excluding hydrogens is 356 g/mol. The average Bonchev–Trinajstić information content (AvgIpc) is 3.22. The average molecular weight is 376 g/mol. The molecule has 0 aliphatic carbocycles. The highest BCUT2D eigenvalue weighted by Gasteiger charge is 2.17. The van der Waals surface area contributed by atoms with E-state index in [1.807, 2.05) is 24.3 Å². The van der Waals surface area contributed by atoms with E-state index in [4.69, 9.17) is 5.73 Å². The fourth-order valence-corrected chi connectivity index (χ4v) is 3.03. The monoisotopic (exact) mass is 376 g/mol. The summed E-state index contributed by atoms with van der Waals surface area (Å²) in [7, 11) is 0. The number of primary amides is 1. The molecule has 5 N–H and O–H groups in total. The summed E-state index contributed by atoms with van der Waals surface area (Å²) in [6.07, 6.45) is 5.90. The van der Waals surface area contributed by atoms with Gasteiger partial charge in [-0.3, -0.25) is 4.79 Å². The van der Waals surface area contributed by atoms with Gasteiger partial charge in [0.25, 0.3) is 5.91 Å². The van der Waals surface area contributed by atoms with Crippen LogP contribution < -0.4 is 21.7 Å². The van der Waals surface area contributed by atoms with Crippen molar-refractivity contribution in [2.24, 2.45) is 5.73 Å². The Bertz CT molecular complexity index is 973. The summed E-state index contributed by atoms with van der Waals surface area (Å²) in [6, 6.07) is 9.56. The van der Waals surface area contributed by atoms with E-state index in [1.165, 1.54) is 6.20 Å². The molecule has 9 nitrogen and oxygen atoms in total. The van der Waals surface area contributed by atoms with Crippen LogP contribution in [0.5, 0.6) is 0 Å². The minimum absolute atomic E-state index is 0.0801. The third-order valence-electron chi connectivity index (χ3n) is 4.37. The molecule has 0 spiro atoms. The minimum Gasteiger partial charge on any atom is -0.365 e. The summed E-state index contributed by atoms with van der Waals surface area (Å²) in [5.74, 6) is 0.849. The predicted octanol–water partition coefficient (Wildman–Crippen LogP) is 1.55. The van der Waals surface area contributed by atoms with E-state index >= 15 is 0 Å². The Labute approximate surface area is 161 Å². The SMILES string of the molecule is NC(=O)c1ncc(NC2CCNC2)nc1Nc1cccc(-c2ncccn2)c1. The second-order valence-electron chi connectivity index (χ2n) is 6.43. The molecule has 1 aromatic carbocycles. The van der Waals surface area contributed by atoms with Gasteiger partial charge in [-0.25, -0.2) is 19.9 Å².